The Kier molecular flexibility index (Phi) is 7.19. The van der Waals surface area contributed by atoms with E-state index in [-0.39, 0.29) is 0 Å². The molecule has 0 aromatic heterocycles. The monoisotopic (exact) mass is 247 g/mol. The highest BCUT2D eigenvalue weighted by Gasteiger charge is 2.24. The van der Waals surface area contributed by atoms with Crippen LogP contribution in [0.25, 0.3) is 0 Å². The lowest BCUT2D eigenvalue weighted by Gasteiger charge is -2.33. The Morgan fingerprint density at radius 1 is 1.27 bits per heavy atom. The Hall–Kier alpha value is 0.660. The smallest absolute Gasteiger partial charge is 0.0198 e. The Balaban J connectivity index is 2.27. The van der Waals surface area contributed by atoms with Gasteiger partial charge in [-0.3, -0.25) is 0 Å². The van der Waals surface area contributed by atoms with Crippen molar-refractivity contribution in [1.82, 2.24) is 5.32 Å². The van der Waals surface area contributed by atoms with Crippen LogP contribution in [0, 0.1) is 0 Å². The van der Waals surface area contributed by atoms with Gasteiger partial charge in [0.25, 0.3) is 0 Å². The summed E-state index contributed by atoms with van der Waals surface area (Å²) in [5.74, 6) is 1.28. The molecular weight excluding hydrogens is 222 g/mol. The van der Waals surface area contributed by atoms with Crippen molar-refractivity contribution in [2.24, 2.45) is 0 Å². The first kappa shape index (κ1) is 13.7. The molecule has 0 aliphatic heterocycles. The van der Waals surface area contributed by atoms with E-state index in [2.05, 4.69) is 36.5 Å². The predicted molar refractivity (Wildman–Crippen MR) is 75.2 cm³/mol. The first-order valence-electron chi connectivity index (χ1n) is 6.05. The Bertz CT molecular complexity index is 164. The number of rotatable bonds is 6. The summed E-state index contributed by atoms with van der Waals surface area (Å²) in [4.78, 5) is 0. The molecule has 1 rings (SSSR count). The Morgan fingerprint density at radius 3 is 2.67 bits per heavy atom. The molecule has 0 aromatic rings. The maximum atomic E-state index is 3.82. The maximum absolute atomic E-state index is 3.82. The first-order chi connectivity index (χ1) is 7.27. The highest BCUT2D eigenvalue weighted by atomic mass is 32.2. The van der Waals surface area contributed by atoms with E-state index in [0.717, 1.165) is 11.3 Å². The van der Waals surface area contributed by atoms with Gasteiger partial charge in [-0.2, -0.15) is 23.5 Å². The molecule has 0 heterocycles. The van der Waals surface area contributed by atoms with Gasteiger partial charge in [0, 0.05) is 17.3 Å². The van der Waals surface area contributed by atoms with E-state index < -0.39 is 0 Å². The highest BCUT2D eigenvalue weighted by molar-refractivity contribution is 7.99. The molecule has 3 heteroatoms. The molecular formula is C12H25NS2. The van der Waals surface area contributed by atoms with Crippen molar-refractivity contribution in [1.29, 1.82) is 0 Å². The lowest BCUT2D eigenvalue weighted by Crippen LogP contribution is -2.44. The minimum atomic E-state index is 0.690. The quantitative estimate of drug-likeness (QED) is 0.773. The zero-order valence-electron chi connectivity index (χ0n) is 10.3. The summed E-state index contributed by atoms with van der Waals surface area (Å²) in [7, 11) is 0. The van der Waals surface area contributed by atoms with Crippen LogP contribution in [-0.2, 0) is 0 Å². The predicted octanol–water partition coefficient (Wildman–Crippen LogP) is 3.39. The second-order valence-corrected chi connectivity index (χ2v) is 6.58. The van der Waals surface area contributed by atoms with Gasteiger partial charge in [0.15, 0.2) is 0 Å². The average Bonchev–Trinajstić information content (AvgIpc) is 2.27. The second-order valence-electron chi connectivity index (χ2n) is 4.51. The van der Waals surface area contributed by atoms with Crippen molar-refractivity contribution in [2.75, 3.05) is 18.3 Å². The third-order valence-corrected chi connectivity index (χ3v) is 5.07. The van der Waals surface area contributed by atoms with E-state index >= 15 is 0 Å². The Labute approximate surface area is 104 Å². The molecule has 90 valence electrons. The van der Waals surface area contributed by atoms with Crippen molar-refractivity contribution in [3.63, 3.8) is 0 Å². The molecule has 1 saturated carbocycles. The summed E-state index contributed by atoms with van der Waals surface area (Å²) >= 11 is 4.01. The van der Waals surface area contributed by atoms with Crippen molar-refractivity contribution in [2.45, 2.75) is 56.4 Å². The van der Waals surface area contributed by atoms with E-state index in [0.29, 0.717) is 6.04 Å². The molecule has 15 heavy (non-hydrogen) atoms. The highest BCUT2D eigenvalue weighted by Crippen LogP contribution is 2.27. The van der Waals surface area contributed by atoms with Gasteiger partial charge < -0.3 is 5.32 Å². The molecule has 0 bridgehead atoms. The van der Waals surface area contributed by atoms with Crippen LogP contribution in [0.1, 0.15) is 39.0 Å². The van der Waals surface area contributed by atoms with Crippen LogP contribution in [-0.4, -0.2) is 35.6 Å². The van der Waals surface area contributed by atoms with Crippen molar-refractivity contribution in [3.05, 3.63) is 0 Å². The fourth-order valence-electron chi connectivity index (χ4n) is 2.31. The third kappa shape index (κ3) is 5.01. The van der Waals surface area contributed by atoms with Crippen LogP contribution in [0.4, 0.5) is 0 Å². The number of hydrogen-bond donors (Lipinski definition) is 1. The fourth-order valence-corrected chi connectivity index (χ4v) is 3.85. The van der Waals surface area contributed by atoms with Crippen LogP contribution in [0.5, 0.6) is 0 Å². The summed E-state index contributed by atoms with van der Waals surface area (Å²) in [5.41, 5.74) is 0. The maximum Gasteiger partial charge on any atom is 0.0198 e. The number of hydrogen-bond acceptors (Lipinski definition) is 3. The van der Waals surface area contributed by atoms with Gasteiger partial charge in [0.2, 0.25) is 0 Å². The number of thioether (sulfide) groups is 2. The van der Waals surface area contributed by atoms with Crippen LogP contribution < -0.4 is 5.32 Å². The largest absolute Gasteiger partial charge is 0.310 e. The molecule has 0 spiro atoms. The summed E-state index contributed by atoms with van der Waals surface area (Å²) < 4.78 is 0. The lowest BCUT2D eigenvalue weighted by molar-refractivity contribution is 0.350. The molecule has 1 aliphatic carbocycles. The molecule has 0 radical (unpaired) electrons. The standard InChI is InChI=1S/C12H25NS2/c1-10(8-9-14-2)13-11-6-4-5-7-12(11)15-3/h10-13H,4-9H2,1-3H3. The molecule has 3 atom stereocenters. The van der Waals surface area contributed by atoms with E-state index in [4.69, 9.17) is 0 Å². The summed E-state index contributed by atoms with van der Waals surface area (Å²) in [6.07, 6.45) is 11.4. The normalized spacial score (nSPS) is 29.0. The van der Waals surface area contributed by atoms with Crippen LogP contribution >= 0.6 is 23.5 Å². The zero-order valence-corrected chi connectivity index (χ0v) is 11.9. The van der Waals surface area contributed by atoms with Gasteiger partial charge in [-0.15, -0.1) is 0 Å². The minimum Gasteiger partial charge on any atom is -0.310 e. The number of nitrogens with one attached hydrogen (secondary N) is 1. The zero-order chi connectivity index (χ0) is 11.1. The summed E-state index contributed by atoms with van der Waals surface area (Å²) in [5, 5.41) is 4.68. The van der Waals surface area contributed by atoms with E-state index in [1.807, 2.05) is 11.8 Å². The molecule has 3 unspecified atom stereocenters. The summed E-state index contributed by atoms with van der Waals surface area (Å²) in [6, 6.07) is 1.46. The summed E-state index contributed by atoms with van der Waals surface area (Å²) in [6.45, 7) is 2.34. The molecule has 0 amide bonds. The van der Waals surface area contributed by atoms with E-state index in [1.54, 1.807) is 0 Å². The van der Waals surface area contributed by atoms with Crippen molar-refractivity contribution >= 4 is 23.5 Å². The lowest BCUT2D eigenvalue weighted by atomic mass is 9.94. The third-order valence-electron chi connectivity index (χ3n) is 3.26. The van der Waals surface area contributed by atoms with Gasteiger partial charge in [-0.1, -0.05) is 12.8 Å². The Morgan fingerprint density at radius 2 is 2.00 bits per heavy atom. The molecule has 1 aliphatic rings. The van der Waals surface area contributed by atoms with Crippen LogP contribution in [0.2, 0.25) is 0 Å². The molecule has 1 fully saturated rings. The molecule has 0 aromatic carbocycles. The molecule has 0 saturated heterocycles. The van der Waals surface area contributed by atoms with Crippen LogP contribution in [0.3, 0.4) is 0 Å². The molecule has 1 nitrogen and oxygen atoms in total. The topological polar surface area (TPSA) is 12.0 Å². The second kappa shape index (κ2) is 7.86. The molecule has 1 N–H and O–H groups in total. The fraction of sp³-hybridized carbons (Fsp3) is 1.00. The van der Waals surface area contributed by atoms with Gasteiger partial charge in [-0.25, -0.2) is 0 Å². The van der Waals surface area contributed by atoms with Crippen LogP contribution in [0.15, 0.2) is 0 Å². The van der Waals surface area contributed by atoms with Gasteiger partial charge >= 0.3 is 0 Å². The van der Waals surface area contributed by atoms with E-state index in [1.165, 1.54) is 37.9 Å². The minimum absolute atomic E-state index is 0.690. The van der Waals surface area contributed by atoms with E-state index in [9.17, 15) is 0 Å². The van der Waals surface area contributed by atoms with Gasteiger partial charge in [0.05, 0.1) is 0 Å². The SMILES string of the molecule is CSCCC(C)NC1CCCCC1SC. The van der Waals surface area contributed by atoms with Gasteiger partial charge in [0.1, 0.15) is 0 Å². The average molecular weight is 247 g/mol. The van der Waals surface area contributed by atoms with Crippen molar-refractivity contribution < 1.29 is 0 Å². The van der Waals surface area contributed by atoms with Gasteiger partial charge in [-0.05, 0) is 44.5 Å². The first-order valence-corrected chi connectivity index (χ1v) is 8.74. The van der Waals surface area contributed by atoms with Crippen molar-refractivity contribution in [3.8, 4) is 0 Å².